The van der Waals surface area contributed by atoms with Crippen LogP contribution in [0.25, 0.3) is 0 Å². The molecular formula is C9H13FN2. The first kappa shape index (κ1) is 9.13. The molecule has 0 radical (unpaired) electrons. The molecule has 0 saturated heterocycles. The number of rotatable bonds is 2. The Morgan fingerprint density at radius 1 is 1.58 bits per heavy atom. The lowest BCUT2D eigenvalue weighted by atomic mass is 10.1. The van der Waals surface area contributed by atoms with E-state index in [1.807, 2.05) is 6.92 Å². The van der Waals surface area contributed by atoms with Gasteiger partial charge in [0.2, 0.25) is 0 Å². The molecule has 2 nitrogen and oxygen atoms in total. The third-order valence-electron chi connectivity index (χ3n) is 1.86. The minimum Gasteiger partial charge on any atom is -0.323 e. The highest BCUT2D eigenvalue weighted by molar-refractivity contribution is 5.14. The van der Waals surface area contributed by atoms with Crippen LogP contribution in [0.1, 0.15) is 30.8 Å². The van der Waals surface area contributed by atoms with Gasteiger partial charge in [-0.15, -0.1) is 0 Å². The molecule has 0 aromatic carbocycles. The van der Waals surface area contributed by atoms with E-state index in [1.54, 1.807) is 13.0 Å². The summed E-state index contributed by atoms with van der Waals surface area (Å²) in [6.45, 7) is 3.62. The molecule has 0 spiro atoms. The number of aromatic nitrogens is 1. The lowest BCUT2D eigenvalue weighted by Gasteiger charge is -2.08. The van der Waals surface area contributed by atoms with E-state index in [0.717, 1.165) is 12.1 Å². The summed E-state index contributed by atoms with van der Waals surface area (Å²) >= 11 is 0. The lowest BCUT2D eigenvalue weighted by Crippen LogP contribution is -2.11. The van der Waals surface area contributed by atoms with Crippen LogP contribution < -0.4 is 5.73 Å². The average Bonchev–Trinajstić information content (AvgIpc) is 2.08. The molecule has 0 saturated carbocycles. The molecule has 1 aromatic heterocycles. The first-order chi connectivity index (χ1) is 5.65. The monoisotopic (exact) mass is 168 g/mol. The van der Waals surface area contributed by atoms with Crippen LogP contribution in [0, 0.1) is 12.7 Å². The van der Waals surface area contributed by atoms with Gasteiger partial charge in [-0.3, -0.25) is 4.98 Å². The summed E-state index contributed by atoms with van der Waals surface area (Å²) in [5, 5.41) is 0. The van der Waals surface area contributed by atoms with E-state index >= 15 is 0 Å². The van der Waals surface area contributed by atoms with Crippen molar-refractivity contribution < 1.29 is 4.39 Å². The van der Waals surface area contributed by atoms with Gasteiger partial charge in [0, 0.05) is 6.04 Å². The Morgan fingerprint density at radius 3 is 2.75 bits per heavy atom. The van der Waals surface area contributed by atoms with Crippen molar-refractivity contribution in [3.63, 3.8) is 0 Å². The molecule has 0 amide bonds. The minimum absolute atomic E-state index is 0.0794. The minimum atomic E-state index is -0.276. The number of hydrogen-bond donors (Lipinski definition) is 1. The molecule has 3 heteroatoms. The highest BCUT2D eigenvalue weighted by atomic mass is 19.1. The van der Waals surface area contributed by atoms with E-state index in [1.165, 1.54) is 6.07 Å². The largest absolute Gasteiger partial charge is 0.323 e. The van der Waals surface area contributed by atoms with Gasteiger partial charge in [-0.2, -0.15) is 0 Å². The third-order valence-corrected chi connectivity index (χ3v) is 1.86. The molecule has 2 N–H and O–H groups in total. The summed E-state index contributed by atoms with van der Waals surface area (Å²) in [6.07, 6.45) is 0.818. The van der Waals surface area contributed by atoms with Crippen molar-refractivity contribution in [2.45, 2.75) is 26.3 Å². The zero-order chi connectivity index (χ0) is 9.14. The molecule has 0 aliphatic carbocycles. The maximum Gasteiger partial charge on any atom is 0.144 e. The van der Waals surface area contributed by atoms with Gasteiger partial charge in [-0.25, -0.2) is 4.39 Å². The third kappa shape index (κ3) is 1.80. The van der Waals surface area contributed by atoms with Crippen LogP contribution in [-0.4, -0.2) is 4.98 Å². The van der Waals surface area contributed by atoms with Gasteiger partial charge in [0.15, 0.2) is 0 Å². The fourth-order valence-electron chi connectivity index (χ4n) is 0.979. The molecule has 1 rings (SSSR count). The van der Waals surface area contributed by atoms with Crippen molar-refractivity contribution in [2.75, 3.05) is 0 Å². The first-order valence-corrected chi connectivity index (χ1v) is 4.03. The summed E-state index contributed by atoms with van der Waals surface area (Å²) < 4.78 is 12.8. The number of aryl methyl sites for hydroxylation is 1. The summed E-state index contributed by atoms with van der Waals surface area (Å²) in [5.74, 6) is -0.276. The van der Waals surface area contributed by atoms with Gasteiger partial charge in [0.25, 0.3) is 0 Å². The Balaban J connectivity index is 2.96. The fraction of sp³-hybridized carbons (Fsp3) is 0.444. The Morgan fingerprint density at radius 2 is 2.25 bits per heavy atom. The second-order valence-electron chi connectivity index (χ2n) is 2.82. The Labute approximate surface area is 71.6 Å². The maximum atomic E-state index is 12.8. The standard InChI is InChI=1S/C9H13FN2/c1-3-8(11)9-5-4-7(10)6(2)12-9/h4-5,8H,3,11H2,1-2H3. The molecule has 1 unspecified atom stereocenters. The van der Waals surface area contributed by atoms with Crippen molar-refractivity contribution in [3.05, 3.63) is 29.3 Å². The first-order valence-electron chi connectivity index (χ1n) is 4.03. The quantitative estimate of drug-likeness (QED) is 0.732. The van der Waals surface area contributed by atoms with Gasteiger partial charge in [0.1, 0.15) is 5.82 Å². The molecule has 0 bridgehead atoms. The van der Waals surface area contributed by atoms with Crippen LogP contribution in [0.5, 0.6) is 0 Å². The highest BCUT2D eigenvalue weighted by Crippen LogP contribution is 2.12. The maximum absolute atomic E-state index is 12.8. The highest BCUT2D eigenvalue weighted by Gasteiger charge is 2.06. The predicted molar refractivity (Wildman–Crippen MR) is 46.2 cm³/mol. The normalized spacial score (nSPS) is 13.0. The van der Waals surface area contributed by atoms with E-state index in [2.05, 4.69) is 4.98 Å². The number of halogens is 1. The molecule has 0 fully saturated rings. The topological polar surface area (TPSA) is 38.9 Å². The van der Waals surface area contributed by atoms with E-state index < -0.39 is 0 Å². The Bertz CT molecular complexity index is 273. The van der Waals surface area contributed by atoms with Gasteiger partial charge < -0.3 is 5.73 Å². The van der Waals surface area contributed by atoms with Crippen molar-refractivity contribution in [3.8, 4) is 0 Å². The smallest absolute Gasteiger partial charge is 0.144 e. The van der Waals surface area contributed by atoms with Crippen LogP contribution in [0.3, 0.4) is 0 Å². The van der Waals surface area contributed by atoms with E-state index in [-0.39, 0.29) is 11.9 Å². The van der Waals surface area contributed by atoms with Crippen molar-refractivity contribution >= 4 is 0 Å². The molecule has 1 heterocycles. The summed E-state index contributed by atoms with van der Waals surface area (Å²) in [4.78, 5) is 4.04. The van der Waals surface area contributed by atoms with Gasteiger partial charge >= 0.3 is 0 Å². The number of pyridine rings is 1. The zero-order valence-electron chi connectivity index (χ0n) is 7.34. The number of nitrogens with two attached hydrogens (primary N) is 1. The van der Waals surface area contributed by atoms with Gasteiger partial charge in [-0.05, 0) is 25.5 Å². The Kier molecular flexibility index (Phi) is 2.76. The molecular weight excluding hydrogens is 155 g/mol. The molecule has 1 aromatic rings. The summed E-state index contributed by atoms with van der Waals surface area (Å²) in [5.41, 5.74) is 6.90. The molecule has 12 heavy (non-hydrogen) atoms. The SMILES string of the molecule is CCC(N)c1ccc(F)c(C)n1. The van der Waals surface area contributed by atoms with Crippen LogP contribution in [-0.2, 0) is 0 Å². The summed E-state index contributed by atoms with van der Waals surface area (Å²) in [7, 11) is 0. The van der Waals surface area contributed by atoms with Crippen molar-refractivity contribution in [1.29, 1.82) is 0 Å². The predicted octanol–water partition coefficient (Wildman–Crippen LogP) is 1.94. The van der Waals surface area contributed by atoms with Crippen LogP contribution in [0.2, 0.25) is 0 Å². The van der Waals surface area contributed by atoms with Crippen molar-refractivity contribution in [2.24, 2.45) is 5.73 Å². The molecule has 0 aliphatic rings. The van der Waals surface area contributed by atoms with Crippen LogP contribution in [0.4, 0.5) is 4.39 Å². The average molecular weight is 168 g/mol. The molecule has 66 valence electrons. The molecule has 1 atom stereocenters. The lowest BCUT2D eigenvalue weighted by molar-refractivity contribution is 0.597. The van der Waals surface area contributed by atoms with Crippen LogP contribution in [0.15, 0.2) is 12.1 Å². The van der Waals surface area contributed by atoms with E-state index in [9.17, 15) is 4.39 Å². The molecule has 0 aliphatic heterocycles. The van der Waals surface area contributed by atoms with Crippen molar-refractivity contribution in [1.82, 2.24) is 4.98 Å². The van der Waals surface area contributed by atoms with Gasteiger partial charge in [0.05, 0.1) is 11.4 Å². The number of hydrogen-bond acceptors (Lipinski definition) is 2. The second-order valence-corrected chi connectivity index (χ2v) is 2.82. The van der Waals surface area contributed by atoms with Crippen LogP contribution >= 0.6 is 0 Å². The number of nitrogens with zero attached hydrogens (tertiary/aromatic N) is 1. The second kappa shape index (κ2) is 3.63. The van der Waals surface area contributed by atoms with E-state index in [0.29, 0.717) is 5.69 Å². The summed E-state index contributed by atoms with van der Waals surface area (Å²) in [6, 6.07) is 2.97. The van der Waals surface area contributed by atoms with Gasteiger partial charge in [-0.1, -0.05) is 6.92 Å². The Hall–Kier alpha value is -0.960. The zero-order valence-corrected chi connectivity index (χ0v) is 7.34. The fourth-order valence-corrected chi connectivity index (χ4v) is 0.979. The van der Waals surface area contributed by atoms with E-state index in [4.69, 9.17) is 5.73 Å².